The third-order valence-corrected chi connectivity index (χ3v) is 2.39. The molecule has 0 atom stereocenters. The van der Waals surface area contributed by atoms with Crippen molar-refractivity contribution in [1.82, 2.24) is 0 Å². The molecule has 3 N–H and O–H groups in total. The molecule has 5 heteroatoms. The lowest BCUT2D eigenvalue weighted by atomic mass is 9.94. The molecule has 1 rings (SSSR count). The SMILES string of the molecule is CC(C)(N)c1c(O)c(Br)cc(F)c1F. The van der Waals surface area contributed by atoms with Gasteiger partial charge in [0.1, 0.15) is 5.75 Å². The van der Waals surface area contributed by atoms with E-state index in [0.717, 1.165) is 6.07 Å². The fourth-order valence-corrected chi connectivity index (χ4v) is 1.57. The first-order valence-corrected chi connectivity index (χ1v) is 4.70. The third-order valence-electron chi connectivity index (χ3n) is 1.79. The lowest BCUT2D eigenvalue weighted by Crippen LogP contribution is -2.30. The number of halogens is 3. The molecule has 0 bridgehead atoms. The van der Waals surface area contributed by atoms with Gasteiger partial charge < -0.3 is 10.8 Å². The van der Waals surface area contributed by atoms with Crippen molar-refractivity contribution in [3.63, 3.8) is 0 Å². The maximum atomic E-state index is 13.3. The van der Waals surface area contributed by atoms with Crippen LogP contribution in [0.3, 0.4) is 0 Å². The Morgan fingerprint density at radius 3 is 2.36 bits per heavy atom. The van der Waals surface area contributed by atoms with Crippen LogP contribution in [0.15, 0.2) is 10.5 Å². The topological polar surface area (TPSA) is 46.2 Å². The van der Waals surface area contributed by atoms with Crippen molar-refractivity contribution in [1.29, 1.82) is 0 Å². The lowest BCUT2D eigenvalue weighted by molar-refractivity contribution is 0.400. The van der Waals surface area contributed by atoms with Gasteiger partial charge >= 0.3 is 0 Å². The van der Waals surface area contributed by atoms with Gasteiger partial charge in [0.05, 0.1) is 10.0 Å². The van der Waals surface area contributed by atoms with Crippen LogP contribution in [0.5, 0.6) is 5.75 Å². The minimum atomic E-state index is -1.14. The van der Waals surface area contributed by atoms with Crippen LogP contribution in [0.25, 0.3) is 0 Å². The molecule has 0 radical (unpaired) electrons. The van der Waals surface area contributed by atoms with E-state index in [4.69, 9.17) is 5.73 Å². The van der Waals surface area contributed by atoms with E-state index in [0.29, 0.717) is 0 Å². The summed E-state index contributed by atoms with van der Waals surface area (Å²) in [7, 11) is 0. The molecule has 1 aromatic rings. The molecule has 0 fully saturated rings. The molecular weight excluding hydrogens is 256 g/mol. The minimum absolute atomic E-state index is 0.0879. The monoisotopic (exact) mass is 265 g/mol. The third kappa shape index (κ3) is 1.88. The molecule has 0 aliphatic carbocycles. The number of benzene rings is 1. The number of hydrogen-bond donors (Lipinski definition) is 2. The van der Waals surface area contributed by atoms with E-state index in [1.165, 1.54) is 13.8 Å². The molecule has 0 spiro atoms. The number of nitrogens with two attached hydrogens (primary N) is 1. The van der Waals surface area contributed by atoms with E-state index in [9.17, 15) is 13.9 Å². The zero-order chi connectivity index (χ0) is 11.1. The molecule has 0 amide bonds. The predicted molar refractivity (Wildman–Crippen MR) is 52.9 cm³/mol. The van der Waals surface area contributed by atoms with Crippen LogP contribution in [0.2, 0.25) is 0 Å². The molecule has 0 heterocycles. The van der Waals surface area contributed by atoms with Crippen molar-refractivity contribution < 1.29 is 13.9 Å². The van der Waals surface area contributed by atoms with Gasteiger partial charge in [0.15, 0.2) is 11.6 Å². The summed E-state index contributed by atoms with van der Waals surface area (Å²) in [5.74, 6) is -2.52. The van der Waals surface area contributed by atoms with Gasteiger partial charge in [0.25, 0.3) is 0 Å². The van der Waals surface area contributed by atoms with E-state index in [1.807, 2.05) is 0 Å². The highest BCUT2D eigenvalue weighted by Gasteiger charge is 2.27. The van der Waals surface area contributed by atoms with Gasteiger partial charge in [-0.15, -0.1) is 0 Å². The van der Waals surface area contributed by atoms with Crippen molar-refractivity contribution in [3.8, 4) is 5.75 Å². The zero-order valence-electron chi connectivity index (χ0n) is 7.74. The Balaban J connectivity index is 3.56. The van der Waals surface area contributed by atoms with Crippen LogP contribution in [0, 0.1) is 11.6 Å². The first-order chi connectivity index (χ1) is 6.25. The fraction of sp³-hybridized carbons (Fsp3) is 0.333. The molecule has 1 aromatic carbocycles. The summed E-state index contributed by atoms with van der Waals surface area (Å²) in [6, 6.07) is 0.861. The van der Waals surface area contributed by atoms with Crippen LogP contribution in [-0.4, -0.2) is 5.11 Å². The van der Waals surface area contributed by atoms with Gasteiger partial charge in [0, 0.05) is 5.54 Å². The summed E-state index contributed by atoms with van der Waals surface area (Å²) in [4.78, 5) is 0. The second kappa shape index (κ2) is 3.47. The molecule has 14 heavy (non-hydrogen) atoms. The fourth-order valence-electron chi connectivity index (χ4n) is 1.17. The Kier molecular flexibility index (Phi) is 2.83. The van der Waals surface area contributed by atoms with Gasteiger partial charge in [0.2, 0.25) is 0 Å². The smallest absolute Gasteiger partial charge is 0.167 e. The Hall–Kier alpha value is -0.680. The van der Waals surface area contributed by atoms with Gasteiger partial charge in [-0.1, -0.05) is 0 Å². The van der Waals surface area contributed by atoms with Crippen LogP contribution in [-0.2, 0) is 5.54 Å². The van der Waals surface area contributed by atoms with Crippen molar-refractivity contribution in [2.75, 3.05) is 0 Å². The van der Waals surface area contributed by atoms with E-state index in [-0.39, 0.29) is 15.8 Å². The van der Waals surface area contributed by atoms with Crippen LogP contribution >= 0.6 is 15.9 Å². The van der Waals surface area contributed by atoms with Crippen LogP contribution in [0.4, 0.5) is 8.78 Å². The van der Waals surface area contributed by atoms with Crippen LogP contribution in [0.1, 0.15) is 19.4 Å². The predicted octanol–water partition coefficient (Wildman–Crippen LogP) is 2.63. The van der Waals surface area contributed by atoms with Gasteiger partial charge in [-0.05, 0) is 35.8 Å². The standard InChI is InChI=1S/C9H10BrF2NO/c1-9(2,13)6-7(12)5(11)3-4(10)8(6)14/h3,14H,13H2,1-2H3. The van der Waals surface area contributed by atoms with Gasteiger partial charge in [-0.25, -0.2) is 8.78 Å². The normalized spacial score (nSPS) is 11.9. The second-order valence-electron chi connectivity index (χ2n) is 3.60. The minimum Gasteiger partial charge on any atom is -0.506 e. The molecule has 0 unspecified atom stereocenters. The van der Waals surface area contributed by atoms with Crippen LogP contribution < -0.4 is 5.73 Å². The van der Waals surface area contributed by atoms with E-state index in [2.05, 4.69) is 15.9 Å². The molecule has 0 saturated carbocycles. The summed E-state index contributed by atoms with van der Waals surface area (Å²) in [5, 5.41) is 9.50. The number of phenols is 1. The summed E-state index contributed by atoms with van der Waals surface area (Å²) in [5.41, 5.74) is 4.24. The molecule has 0 saturated heterocycles. The first kappa shape index (κ1) is 11.4. The zero-order valence-corrected chi connectivity index (χ0v) is 9.32. The van der Waals surface area contributed by atoms with E-state index in [1.54, 1.807) is 0 Å². The molecule has 0 aromatic heterocycles. The number of phenolic OH excluding ortho intramolecular Hbond substituents is 1. The summed E-state index contributed by atoms with van der Waals surface area (Å²) in [6.07, 6.45) is 0. The Morgan fingerprint density at radius 2 is 1.93 bits per heavy atom. The summed E-state index contributed by atoms with van der Waals surface area (Å²) in [6.45, 7) is 2.97. The highest BCUT2D eigenvalue weighted by molar-refractivity contribution is 9.10. The first-order valence-electron chi connectivity index (χ1n) is 3.91. The van der Waals surface area contributed by atoms with E-state index >= 15 is 0 Å². The number of aromatic hydroxyl groups is 1. The van der Waals surface area contributed by atoms with Crippen molar-refractivity contribution in [3.05, 3.63) is 27.7 Å². The highest BCUT2D eigenvalue weighted by Crippen LogP contribution is 2.36. The second-order valence-corrected chi connectivity index (χ2v) is 4.45. The Labute approximate surface area is 88.9 Å². The van der Waals surface area contributed by atoms with E-state index < -0.39 is 17.2 Å². The maximum Gasteiger partial charge on any atom is 0.167 e. The van der Waals surface area contributed by atoms with Gasteiger partial charge in [-0.3, -0.25) is 0 Å². The Morgan fingerprint density at radius 1 is 1.43 bits per heavy atom. The molecule has 2 nitrogen and oxygen atoms in total. The quantitative estimate of drug-likeness (QED) is 0.767. The van der Waals surface area contributed by atoms with Crippen molar-refractivity contribution in [2.24, 2.45) is 5.73 Å². The maximum absolute atomic E-state index is 13.3. The highest BCUT2D eigenvalue weighted by atomic mass is 79.9. The van der Waals surface area contributed by atoms with Crippen molar-refractivity contribution >= 4 is 15.9 Å². The number of rotatable bonds is 1. The average Bonchev–Trinajstić information content (AvgIpc) is 1.98. The number of hydrogen-bond acceptors (Lipinski definition) is 2. The summed E-state index contributed by atoms with van der Waals surface area (Å²) >= 11 is 2.91. The summed E-state index contributed by atoms with van der Waals surface area (Å²) < 4.78 is 26.4. The van der Waals surface area contributed by atoms with Crippen molar-refractivity contribution in [2.45, 2.75) is 19.4 Å². The molecule has 0 aliphatic heterocycles. The molecule has 0 aliphatic rings. The molecular formula is C9H10BrF2NO. The average molecular weight is 266 g/mol. The molecule has 78 valence electrons. The van der Waals surface area contributed by atoms with Gasteiger partial charge in [-0.2, -0.15) is 0 Å². The lowest BCUT2D eigenvalue weighted by Gasteiger charge is -2.21. The largest absolute Gasteiger partial charge is 0.506 e. The Bertz CT molecular complexity index is 348.